The van der Waals surface area contributed by atoms with Crippen LogP contribution in [0.5, 0.6) is 0 Å². The first-order chi connectivity index (χ1) is 13.3. The van der Waals surface area contributed by atoms with E-state index in [4.69, 9.17) is 5.73 Å². The van der Waals surface area contributed by atoms with E-state index in [0.29, 0.717) is 22.8 Å². The van der Waals surface area contributed by atoms with E-state index >= 15 is 0 Å². The minimum absolute atomic E-state index is 0.0181. The summed E-state index contributed by atoms with van der Waals surface area (Å²) >= 11 is 0. The van der Waals surface area contributed by atoms with Crippen molar-refractivity contribution in [3.63, 3.8) is 0 Å². The Hall–Kier alpha value is -3.74. The molecule has 3 rings (SSSR count). The molecular formula is C21H21N5O2. The van der Waals surface area contributed by atoms with Crippen LogP contribution in [0.1, 0.15) is 47.2 Å². The highest BCUT2D eigenvalue weighted by Crippen LogP contribution is 2.19. The number of carbonyl (C=O) groups excluding carboxylic acids is 2. The van der Waals surface area contributed by atoms with Gasteiger partial charge in [0, 0.05) is 22.2 Å². The Kier molecular flexibility index (Phi) is 5.35. The zero-order valence-electron chi connectivity index (χ0n) is 15.9. The number of nitrogens with two attached hydrogens (primary N) is 1. The zero-order chi connectivity index (χ0) is 20.3. The molecule has 1 aromatic heterocycles. The highest BCUT2D eigenvalue weighted by Gasteiger charge is 2.11. The van der Waals surface area contributed by atoms with Crippen molar-refractivity contribution in [1.82, 2.24) is 4.98 Å². The van der Waals surface area contributed by atoms with Crippen molar-refractivity contribution in [3.8, 4) is 0 Å². The van der Waals surface area contributed by atoms with E-state index in [1.165, 1.54) is 6.92 Å². The van der Waals surface area contributed by atoms with Gasteiger partial charge >= 0.3 is 0 Å². The normalized spacial score (nSPS) is 12.2. The van der Waals surface area contributed by atoms with Crippen LogP contribution in [0.15, 0.2) is 58.7 Å². The first-order valence-corrected chi connectivity index (χ1v) is 8.73. The Labute approximate surface area is 162 Å². The zero-order valence-corrected chi connectivity index (χ0v) is 15.9. The van der Waals surface area contributed by atoms with Gasteiger partial charge in [0.2, 0.25) is 0 Å². The molecule has 28 heavy (non-hydrogen) atoms. The standard InChI is InChI=1S/C21H21N5O2/c1-12(25-26-14(3)22)16-6-9-19-17(10-16)11-20(24-19)21(28)23-18-7-4-15(5-8-18)13(2)27/h4-11,24H,1-3H3,(H2,22,26)(H,23,28)/b25-12-. The molecule has 0 atom stereocenters. The number of anilines is 1. The number of ketones is 1. The first kappa shape index (κ1) is 19.0. The maximum absolute atomic E-state index is 12.5. The predicted octanol–water partition coefficient (Wildman–Crippen LogP) is 3.72. The topological polar surface area (TPSA) is 113 Å². The summed E-state index contributed by atoms with van der Waals surface area (Å²) in [5.41, 5.74) is 9.62. The van der Waals surface area contributed by atoms with Gasteiger partial charge in [-0.05, 0) is 68.8 Å². The third-order valence-electron chi connectivity index (χ3n) is 4.19. The van der Waals surface area contributed by atoms with Crippen molar-refractivity contribution in [2.45, 2.75) is 20.8 Å². The minimum atomic E-state index is -0.262. The van der Waals surface area contributed by atoms with Crippen molar-refractivity contribution in [1.29, 1.82) is 0 Å². The lowest BCUT2D eigenvalue weighted by Crippen LogP contribution is -2.12. The van der Waals surface area contributed by atoms with E-state index in [9.17, 15) is 9.59 Å². The van der Waals surface area contributed by atoms with Crippen molar-refractivity contribution < 1.29 is 9.59 Å². The largest absolute Gasteiger partial charge is 0.386 e. The second-order valence-electron chi connectivity index (χ2n) is 6.50. The number of fused-ring (bicyclic) bond motifs is 1. The monoisotopic (exact) mass is 375 g/mol. The molecule has 1 amide bonds. The summed E-state index contributed by atoms with van der Waals surface area (Å²) < 4.78 is 0. The third kappa shape index (κ3) is 4.32. The Balaban J connectivity index is 1.81. The van der Waals surface area contributed by atoms with E-state index in [1.54, 1.807) is 37.3 Å². The second kappa shape index (κ2) is 7.87. The van der Waals surface area contributed by atoms with E-state index in [0.717, 1.165) is 22.2 Å². The summed E-state index contributed by atoms with van der Waals surface area (Å²) in [6, 6.07) is 14.3. The molecule has 7 heteroatoms. The molecule has 0 spiro atoms. The molecule has 7 nitrogen and oxygen atoms in total. The molecule has 0 fully saturated rings. The molecule has 0 aliphatic rings. The SMILES string of the molecule is CC(=O)c1ccc(NC(=O)c2cc3cc(/C(C)=N\N=C(C)N)ccc3[nH]2)cc1. The maximum Gasteiger partial charge on any atom is 0.272 e. The summed E-state index contributed by atoms with van der Waals surface area (Å²) in [7, 11) is 0. The van der Waals surface area contributed by atoms with Crippen molar-refractivity contribution >= 4 is 39.8 Å². The number of benzene rings is 2. The molecule has 0 aliphatic heterocycles. The number of H-pyrrole nitrogens is 1. The van der Waals surface area contributed by atoms with Gasteiger partial charge < -0.3 is 16.0 Å². The number of hydrogen-bond donors (Lipinski definition) is 3. The minimum Gasteiger partial charge on any atom is -0.386 e. The number of hydrogen-bond acceptors (Lipinski definition) is 4. The number of nitrogens with zero attached hydrogens (tertiary/aromatic N) is 2. The van der Waals surface area contributed by atoms with Crippen LogP contribution in [-0.2, 0) is 0 Å². The predicted molar refractivity (Wildman–Crippen MR) is 112 cm³/mol. The number of amidine groups is 1. The van der Waals surface area contributed by atoms with Gasteiger partial charge in [0.1, 0.15) is 11.5 Å². The molecule has 0 bridgehead atoms. The maximum atomic E-state index is 12.5. The smallest absolute Gasteiger partial charge is 0.272 e. The third-order valence-corrected chi connectivity index (χ3v) is 4.19. The van der Waals surface area contributed by atoms with Gasteiger partial charge in [0.05, 0.1) is 5.71 Å². The molecule has 1 heterocycles. The number of carbonyl (C=O) groups is 2. The fourth-order valence-corrected chi connectivity index (χ4v) is 2.68. The Morgan fingerprint density at radius 2 is 1.61 bits per heavy atom. The van der Waals surface area contributed by atoms with Crippen LogP contribution in [0.3, 0.4) is 0 Å². The molecule has 4 N–H and O–H groups in total. The van der Waals surface area contributed by atoms with Crippen LogP contribution in [0.2, 0.25) is 0 Å². The number of rotatable bonds is 5. The van der Waals surface area contributed by atoms with Crippen LogP contribution < -0.4 is 11.1 Å². The number of amides is 1. The van der Waals surface area contributed by atoms with Crippen molar-refractivity contribution in [2.75, 3.05) is 5.32 Å². The average Bonchev–Trinajstić information content (AvgIpc) is 3.10. The lowest BCUT2D eigenvalue weighted by atomic mass is 10.1. The molecule has 2 aromatic carbocycles. The fraction of sp³-hybridized carbons (Fsp3) is 0.143. The van der Waals surface area contributed by atoms with Crippen LogP contribution in [0.25, 0.3) is 10.9 Å². The Morgan fingerprint density at radius 1 is 0.929 bits per heavy atom. The van der Waals surface area contributed by atoms with Gasteiger partial charge in [-0.3, -0.25) is 9.59 Å². The highest BCUT2D eigenvalue weighted by molar-refractivity contribution is 6.07. The summed E-state index contributed by atoms with van der Waals surface area (Å²) in [6.45, 7) is 5.02. The van der Waals surface area contributed by atoms with E-state index in [2.05, 4.69) is 20.5 Å². The number of aromatic nitrogens is 1. The number of aromatic amines is 1. The quantitative estimate of drug-likeness (QED) is 0.273. The second-order valence-corrected chi connectivity index (χ2v) is 6.50. The van der Waals surface area contributed by atoms with Crippen LogP contribution >= 0.6 is 0 Å². The molecular weight excluding hydrogens is 354 g/mol. The molecule has 0 unspecified atom stereocenters. The van der Waals surface area contributed by atoms with Gasteiger partial charge in [-0.15, -0.1) is 5.10 Å². The van der Waals surface area contributed by atoms with Crippen LogP contribution in [0.4, 0.5) is 5.69 Å². The molecule has 0 saturated heterocycles. The van der Waals surface area contributed by atoms with E-state index in [-0.39, 0.29) is 11.7 Å². The van der Waals surface area contributed by atoms with Crippen molar-refractivity contribution in [3.05, 3.63) is 65.4 Å². The van der Waals surface area contributed by atoms with Crippen LogP contribution in [0, 0.1) is 0 Å². The highest BCUT2D eigenvalue weighted by atomic mass is 16.2. The van der Waals surface area contributed by atoms with Gasteiger partial charge in [-0.25, -0.2) is 0 Å². The van der Waals surface area contributed by atoms with Gasteiger partial charge in [-0.1, -0.05) is 6.07 Å². The van der Waals surface area contributed by atoms with Crippen LogP contribution in [-0.4, -0.2) is 28.2 Å². The molecule has 0 aliphatic carbocycles. The Bertz CT molecular complexity index is 1100. The summed E-state index contributed by atoms with van der Waals surface area (Å²) in [4.78, 5) is 27.0. The molecule has 3 aromatic rings. The summed E-state index contributed by atoms with van der Waals surface area (Å²) in [6.07, 6.45) is 0. The van der Waals surface area contributed by atoms with E-state index < -0.39 is 0 Å². The van der Waals surface area contributed by atoms with E-state index in [1.807, 2.05) is 25.1 Å². The van der Waals surface area contributed by atoms with Crippen molar-refractivity contribution in [2.24, 2.45) is 15.9 Å². The first-order valence-electron chi connectivity index (χ1n) is 8.73. The summed E-state index contributed by atoms with van der Waals surface area (Å²) in [5, 5.41) is 11.7. The summed E-state index contributed by atoms with van der Waals surface area (Å²) in [5.74, 6) is 0.106. The fourth-order valence-electron chi connectivity index (χ4n) is 2.68. The molecule has 142 valence electrons. The van der Waals surface area contributed by atoms with Gasteiger partial charge in [-0.2, -0.15) is 5.10 Å². The number of nitrogens with one attached hydrogen (secondary N) is 2. The molecule has 0 saturated carbocycles. The van der Waals surface area contributed by atoms with Gasteiger partial charge in [0.15, 0.2) is 5.78 Å². The van der Waals surface area contributed by atoms with Gasteiger partial charge in [0.25, 0.3) is 5.91 Å². The Morgan fingerprint density at radius 3 is 2.25 bits per heavy atom. The average molecular weight is 375 g/mol. The number of Topliss-reactive ketones (excluding diaryl/α,β-unsaturated/α-hetero) is 1. The molecule has 0 radical (unpaired) electrons. The lowest BCUT2D eigenvalue weighted by molar-refractivity contribution is 0.101. The lowest BCUT2D eigenvalue weighted by Gasteiger charge is -2.04.